The fourth-order valence-electron chi connectivity index (χ4n) is 4.89. The van der Waals surface area contributed by atoms with Crippen molar-refractivity contribution in [2.24, 2.45) is 17.2 Å². The zero-order valence-electron chi connectivity index (χ0n) is 29.2. The molecule has 0 aliphatic heterocycles. The quantitative estimate of drug-likeness (QED) is 0.0296. The first kappa shape index (κ1) is 45.8. The van der Waals surface area contributed by atoms with Gasteiger partial charge in [-0.15, -0.1) is 0 Å². The Morgan fingerprint density at radius 3 is 1.85 bits per heavy atom. The molecule has 1 aromatic rings. The molecule has 0 bridgehead atoms. The van der Waals surface area contributed by atoms with Crippen LogP contribution in [0, 0.1) is 0 Å². The molecule has 296 valence electrons. The van der Waals surface area contributed by atoms with Crippen molar-refractivity contribution in [3.63, 3.8) is 0 Å². The molecule has 21 heteroatoms. The molecule has 1 aromatic heterocycles. The number of carbonyl (C=O) groups excluding carboxylic acids is 5. The number of esters is 1. The number of ether oxygens (including phenoxy) is 1. The highest BCUT2D eigenvalue weighted by Crippen LogP contribution is 2.09. The molecule has 0 aromatic carbocycles. The number of carbonyl (C=O) groups is 6. The van der Waals surface area contributed by atoms with E-state index in [0.717, 1.165) is 0 Å². The van der Waals surface area contributed by atoms with E-state index < -0.39 is 84.2 Å². The number of nitrogens with zero attached hydrogens (tertiary/aromatic N) is 1. The summed E-state index contributed by atoms with van der Waals surface area (Å²) in [6, 6.07) is -4.39. The van der Waals surface area contributed by atoms with Gasteiger partial charge in [0.25, 0.3) is 5.91 Å². The van der Waals surface area contributed by atoms with Crippen molar-refractivity contribution in [1.82, 2.24) is 31.2 Å². The van der Waals surface area contributed by atoms with Gasteiger partial charge in [-0.2, -0.15) is 0 Å². The fourth-order valence-corrected chi connectivity index (χ4v) is 4.89. The number of nitrogens with one attached hydrogen (secondary N) is 5. The number of rotatable bonds is 27. The molecule has 0 radical (unpaired) electrons. The molecule has 21 nitrogen and oxygen atoms in total. The van der Waals surface area contributed by atoms with Gasteiger partial charge in [0.15, 0.2) is 12.2 Å². The van der Waals surface area contributed by atoms with Crippen LogP contribution in [0.5, 0.6) is 0 Å². The van der Waals surface area contributed by atoms with Crippen molar-refractivity contribution in [2.75, 3.05) is 26.7 Å². The molecule has 0 saturated carbocycles. The van der Waals surface area contributed by atoms with Gasteiger partial charge in [0, 0.05) is 25.4 Å². The van der Waals surface area contributed by atoms with Gasteiger partial charge >= 0.3 is 11.9 Å². The zero-order valence-corrected chi connectivity index (χ0v) is 29.2. The Hall–Kier alpha value is -4.25. The van der Waals surface area contributed by atoms with E-state index in [1.165, 1.54) is 19.5 Å². The predicted octanol–water partition coefficient (Wildman–Crippen LogP) is -5.02. The van der Waals surface area contributed by atoms with E-state index in [4.69, 9.17) is 27.0 Å². The third-order valence-corrected chi connectivity index (χ3v) is 8.01. The van der Waals surface area contributed by atoms with Crippen LogP contribution < -0.4 is 38.5 Å². The number of aromatic amines is 1. The van der Waals surface area contributed by atoms with E-state index in [-0.39, 0.29) is 45.1 Å². The lowest BCUT2D eigenvalue weighted by Crippen LogP contribution is -2.57. The number of aliphatic carboxylic acids is 1. The van der Waals surface area contributed by atoms with E-state index in [1.54, 1.807) is 0 Å². The van der Waals surface area contributed by atoms with Crippen LogP contribution in [0.25, 0.3) is 0 Å². The SMILES string of the molecule is COC(=O)C(CCCCN)NC(=O)[C@H](CCCCN)NC(=O)C(Cc1ncc[nH]1)NC(=O)C(N)CCCCNC(=O)[C@@H](O)[C@H](O)[C@H](O)[C@@H](O)C(=O)O. The number of imidazole rings is 1. The number of aromatic nitrogens is 2. The van der Waals surface area contributed by atoms with Crippen LogP contribution in [-0.2, 0) is 39.9 Å². The molecule has 0 aliphatic rings. The van der Waals surface area contributed by atoms with E-state index in [2.05, 4.69) is 31.2 Å². The van der Waals surface area contributed by atoms with E-state index >= 15 is 0 Å². The number of carboxylic acids is 1. The number of H-pyrrole nitrogens is 1. The number of aliphatic hydroxyl groups excluding tert-OH is 4. The number of amides is 4. The Labute approximate surface area is 300 Å². The summed E-state index contributed by atoms with van der Waals surface area (Å²) in [6.07, 6.45) is -3.12. The molecule has 16 N–H and O–H groups in total. The van der Waals surface area contributed by atoms with Crippen LogP contribution in [0.4, 0.5) is 0 Å². The van der Waals surface area contributed by atoms with Crippen LogP contribution in [0.2, 0.25) is 0 Å². The van der Waals surface area contributed by atoms with Crippen LogP contribution in [0.1, 0.15) is 63.6 Å². The van der Waals surface area contributed by atoms with E-state index in [0.29, 0.717) is 44.6 Å². The van der Waals surface area contributed by atoms with Crippen molar-refractivity contribution in [1.29, 1.82) is 0 Å². The Balaban J connectivity index is 2.86. The predicted molar refractivity (Wildman–Crippen MR) is 182 cm³/mol. The first-order valence-electron chi connectivity index (χ1n) is 17.0. The topological polar surface area (TPSA) is 368 Å². The lowest BCUT2D eigenvalue weighted by atomic mass is 10.0. The number of hydrogen-bond donors (Lipinski definition) is 13. The number of hydrogen-bond acceptors (Lipinski definition) is 15. The highest BCUT2D eigenvalue weighted by Gasteiger charge is 2.37. The van der Waals surface area contributed by atoms with E-state index in [9.17, 15) is 49.2 Å². The van der Waals surface area contributed by atoms with E-state index in [1.807, 2.05) is 0 Å². The molecule has 0 aliphatic carbocycles. The highest BCUT2D eigenvalue weighted by atomic mass is 16.5. The molecular formula is C31H55N9O12. The summed E-state index contributed by atoms with van der Waals surface area (Å²) in [5, 5.41) is 57.5. The van der Waals surface area contributed by atoms with Gasteiger partial charge in [0.2, 0.25) is 17.7 Å². The Bertz CT molecular complexity index is 1260. The average molecular weight is 746 g/mol. The minimum Gasteiger partial charge on any atom is -0.479 e. The first-order valence-corrected chi connectivity index (χ1v) is 17.0. The standard InChI is InChI=1S/C31H55N9O12/c1-52-31(51)19(10-3-6-12-33)39-27(46)18(9-2-5-11-32)38-28(47)20(16-21-35-14-15-36-21)40-26(45)17(34)8-4-7-13-37-29(48)24(43)22(41)23(42)25(44)30(49)50/h14-15,17-20,22-25,41-44H,2-13,16,32-34H2,1H3,(H,35,36)(H,37,48)(H,38,47)(H,39,46)(H,40,45)(H,49,50)/t17?,18-,19?,20?,22+,23-,24-,25+/m0/s1. The monoisotopic (exact) mass is 745 g/mol. The van der Waals surface area contributed by atoms with Crippen molar-refractivity contribution in [3.8, 4) is 0 Å². The third kappa shape index (κ3) is 16.4. The van der Waals surface area contributed by atoms with Gasteiger partial charge in [-0.1, -0.05) is 0 Å². The van der Waals surface area contributed by atoms with Crippen LogP contribution in [-0.4, -0.2) is 146 Å². The van der Waals surface area contributed by atoms with Gasteiger partial charge in [-0.3, -0.25) is 19.2 Å². The van der Waals surface area contributed by atoms with Gasteiger partial charge in [-0.05, 0) is 70.9 Å². The fraction of sp³-hybridized carbons (Fsp3) is 0.710. The minimum atomic E-state index is -2.43. The summed E-state index contributed by atoms with van der Waals surface area (Å²) in [6.45, 7) is 0.692. The van der Waals surface area contributed by atoms with Gasteiger partial charge in [-0.25, -0.2) is 14.6 Å². The summed E-state index contributed by atoms with van der Waals surface area (Å²) in [5.74, 6) is -5.34. The number of aliphatic hydroxyl groups is 4. The molecule has 8 atom stereocenters. The third-order valence-electron chi connectivity index (χ3n) is 8.01. The smallest absolute Gasteiger partial charge is 0.335 e. The molecule has 0 fully saturated rings. The Kier molecular flexibility index (Phi) is 21.9. The maximum Gasteiger partial charge on any atom is 0.335 e. The molecule has 52 heavy (non-hydrogen) atoms. The number of methoxy groups -OCH3 is 1. The Morgan fingerprint density at radius 2 is 1.29 bits per heavy atom. The summed E-state index contributed by atoms with van der Waals surface area (Å²) < 4.78 is 4.83. The summed E-state index contributed by atoms with van der Waals surface area (Å²) >= 11 is 0. The highest BCUT2D eigenvalue weighted by molar-refractivity contribution is 5.94. The molecule has 4 amide bonds. The summed E-state index contributed by atoms with van der Waals surface area (Å²) in [5.41, 5.74) is 17.2. The lowest BCUT2D eigenvalue weighted by Gasteiger charge is -2.25. The summed E-state index contributed by atoms with van der Waals surface area (Å²) in [7, 11) is 1.20. The minimum absolute atomic E-state index is 0.0600. The molecule has 1 heterocycles. The second-order valence-electron chi connectivity index (χ2n) is 12.1. The maximum absolute atomic E-state index is 13.6. The number of nitrogens with two attached hydrogens (primary N) is 3. The van der Waals surface area contributed by atoms with Crippen LogP contribution in [0.3, 0.4) is 0 Å². The maximum atomic E-state index is 13.6. The Morgan fingerprint density at radius 1 is 0.750 bits per heavy atom. The van der Waals surface area contributed by atoms with Crippen molar-refractivity contribution in [2.45, 2.75) is 113 Å². The molecule has 1 rings (SSSR count). The van der Waals surface area contributed by atoms with Crippen LogP contribution in [0.15, 0.2) is 12.4 Å². The van der Waals surface area contributed by atoms with Crippen molar-refractivity contribution in [3.05, 3.63) is 18.2 Å². The van der Waals surface area contributed by atoms with Crippen molar-refractivity contribution < 1.29 is 59.0 Å². The lowest BCUT2D eigenvalue weighted by molar-refractivity contribution is -0.166. The van der Waals surface area contributed by atoms with Gasteiger partial charge < -0.3 is 73.7 Å². The van der Waals surface area contributed by atoms with Crippen molar-refractivity contribution >= 4 is 35.6 Å². The number of carboxylic acid groups (broad SMARTS) is 1. The largest absolute Gasteiger partial charge is 0.479 e. The average Bonchev–Trinajstić information content (AvgIpc) is 3.64. The van der Waals surface area contributed by atoms with Crippen LogP contribution >= 0.6 is 0 Å². The van der Waals surface area contributed by atoms with Gasteiger partial charge in [0.1, 0.15) is 36.2 Å². The second kappa shape index (κ2) is 24.9. The molecular weight excluding hydrogens is 690 g/mol. The molecule has 0 spiro atoms. The molecule has 0 saturated heterocycles. The number of unbranched alkanes of at least 4 members (excludes halogenated alkanes) is 3. The molecule has 3 unspecified atom stereocenters. The van der Waals surface area contributed by atoms with Gasteiger partial charge in [0.05, 0.1) is 13.2 Å². The normalized spacial score (nSPS) is 15.8. The first-order chi connectivity index (χ1) is 24.7. The zero-order chi connectivity index (χ0) is 39.2. The second-order valence-corrected chi connectivity index (χ2v) is 12.1. The summed E-state index contributed by atoms with van der Waals surface area (Å²) in [4.78, 5) is 82.2.